The van der Waals surface area contributed by atoms with E-state index in [1.54, 1.807) is 31.6 Å². The van der Waals surface area contributed by atoms with Crippen LogP contribution < -0.4 is 16.0 Å². The Balaban J connectivity index is 2.37. The van der Waals surface area contributed by atoms with E-state index in [1.165, 1.54) is 10.6 Å². The molecular formula is C12H13N3O2. The summed E-state index contributed by atoms with van der Waals surface area (Å²) >= 11 is 0. The van der Waals surface area contributed by atoms with Crippen molar-refractivity contribution in [3.05, 3.63) is 52.6 Å². The molecule has 0 atom stereocenters. The van der Waals surface area contributed by atoms with Crippen molar-refractivity contribution in [1.82, 2.24) is 9.55 Å². The first-order valence-electron chi connectivity index (χ1n) is 5.14. The number of anilines is 1. The summed E-state index contributed by atoms with van der Waals surface area (Å²) in [5, 5.41) is 0. The summed E-state index contributed by atoms with van der Waals surface area (Å²) in [5.41, 5.74) is 6.92. The fourth-order valence-corrected chi connectivity index (χ4v) is 1.59. The highest BCUT2D eigenvalue weighted by Crippen LogP contribution is 2.14. The van der Waals surface area contributed by atoms with Crippen LogP contribution in [0.3, 0.4) is 0 Å². The highest BCUT2D eigenvalue weighted by Gasteiger charge is 2.05. The predicted molar refractivity (Wildman–Crippen MR) is 65.0 cm³/mol. The molecule has 2 N–H and O–H groups in total. The second kappa shape index (κ2) is 4.69. The van der Waals surface area contributed by atoms with E-state index in [1.807, 2.05) is 6.07 Å². The van der Waals surface area contributed by atoms with Crippen molar-refractivity contribution in [1.29, 1.82) is 0 Å². The van der Waals surface area contributed by atoms with E-state index in [2.05, 4.69) is 4.98 Å². The Morgan fingerprint density at radius 3 is 3.00 bits per heavy atom. The van der Waals surface area contributed by atoms with Crippen LogP contribution in [0.4, 0.5) is 5.69 Å². The van der Waals surface area contributed by atoms with Crippen molar-refractivity contribution in [2.45, 2.75) is 6.54 Å². The third kappa shape index (κ3) is 2.44. The maximum absolute atomic E-state index is 11.6. The topological polar surface area (TPSA) is 70.1 Å². The highest BCUT2D eigenvalue weighted by molar-refractivity contribution is 5.34. The molecule has 2 heterocycles. The zero-order chi connectivity index (χ0) is 12.3. The summed E-state index contributed by atoms with van der Waals surface area (Å²) in [6.07, 6.45) is 3.25. The first-order valence-corrected chi connectivity index (χ1v) is 5.14. The number of aromatic nitrogens is 2. The molecule has 0 radical (unpaired) electrons. The molecule has 0 amide bonds. The van der Waals surface area contributed by atoms with Crippen LogP contribution in [0.1, 0.15) is 5.56 Å². The molecule has 0 fully saturated rings. The molecule has 2 aromatic rings. The van der Waals surface area contributed by atoms with Crippen molar-refractivity contribution < 1.29 is 4.74 Å². The van der Waals surface area contributed by atoms with Gasteiger partial charge >= 0.3 is 0 Å². The minimum Gasteiger partial charge on any atom is -0.481 e. The first-order chi connectivity index (χ1) is 8.20. The number of ether oxygens (including phenoxy) is 1. The lowest BCUT2D eigenvalue weighted by molar-refractivity contribution is 0.391. The average Bonchev–Trinajstić information content (AvgIpc) is 2.34. The van der Waals surface area contributed by atoms with Crippen LogP contribution in [0.5, 0.6) is 5.88 Å². The monoisotopic (exact) mass is 231 g/mol. The van der Waals surface area contributed by atoms with Crippen molar-refractivity contribution in [2.24, 2.45) is 0 Å². The summed E-state index contributed by atoms with van der Waals surface area (Å²) in [5.74, 6) is 0.516. The minimum absolute atomic E-state index is 0.106. The number of methoxy groups -OCH3 is 1. The number of rotatable bonds is 3. The van der Waals surface area contributed by atoms with Crippen LogP contribution in [0, 0.1) is 0 Å². The van der Waals surface area contributed by atoms with Gasteiger partial charge in [0.1, 0.15) is 0 Å². The molecule has 0 saturated heterocycles. The van der Waals surface area contributed by atoms with Crippen LogP contribution in [0.2, 0.25) is 0 Å². The number of hydrogen-bond donors (Lipinski definition) is 1. The summed E-state index contributed by atoms with van der Waals surface area (Å²) in [4.78, 5) is 15.7. The number of nitrogens with zero attached hydrogens (tertiary/aromatic N) is 2. The molecule has 2 rings (SSSR count). The summed E-state index contributed by atoms with van der Waals surface area (Å²) in [7, 11) is 1.55. The van der Waals surface area contributed by atoms with Crippen LogP contribution in [0.25, 0.3) is 0 Å². The Morgan fingerprint density at radius 2 is 2.24 bits per heavy atom. The van der Waals surface area contributed by atoms with Gasteiger partial charge in [0, 0.05) is 29.7 Å². The van der Waals surface area contributed by atoms with E-state index >= 15 is 0 Å². The van der Waals surface area contributed by atoms with Gasteiger partial charge in [0.25, 0.3) is 5.56 Å². The molecule has 0 aliphatic carbocycles. The molecule has 0 bridgehead atoms. The number of nitrogens with two attached hydrogens (primary N) is 1. The van der Waals surface area contributed by atoms with Gasteiger partial charge in [-0.3, -0.25) is 4.79 Å². The molecule has 17 heavy (non-hydrogen) atoms. The standard InChI is InChI=1S/C12H13N3O2/c1-17-12-9(3-2-6-14-12)7-15-8-10(13)4-5-11(15)16/h2-6,8H,7,13H2,1H3. The lowest BCUT2D eigenvalue weighted by atomic mass is 10.2. The Kier molecular flexibility index (Phi) is 3.09. The van der Waals surface area contributed by atoms with Gasteiger partial charge in [-0.2, -0.15) is 0 Å². The Hall–Kier alpha value is -2.30. The van der Waals surface area contributed by atoms with Gasteiger partial charge in [0.05, 0.1) is 13.7 Å². The van der Waals surface area contributed by atoms with Gasteiger partial charge in [-0.25, -0.2) is 4.98 Å². The molecule has 5 nitrogen and oxygen atoms in total. The Bertz CT molecular complexity index is 578. The van der Waals surface area contributed by atoms with Crippen LogP contribution >= 0.6 is 0 Å². The molecule has 0 unspecified atom stereocenters. The van der Waals surface area contributed by atoms with E-state index in [-0.39, 0.29) is 5.56 Å². The third-order valence-corrected chi connectivity index (χ3v) is 2.39. The Labute approximate surface area is 98.5 Å². The molecule has 0 spiro atoms. The molecule has 0 aliphatic rings. The van der Waals surface area contributed by atoms with Gasteiger partial charge in [-0.1, -0.05) is 6.07 Å². The van der Waals surface area contributed by atoms with Gasteiger partial charge in [-0.15, -0.1) is 0 Å². The highest BCUT2D eigenvalue weighted by atomic mass is 16.5. The summed E-state index contributed by atoms with van der Waals surface area (Å²) in [6, 6.07) is 6.69. The van der Waals surface area contributed by atoms with E-state index in [0.717, 1.165) is 5.56 Å². The molecule has 0 saturated carbocycles. The molecule has 5 heteroatoms. The maximum Gasteiger partial charge on any atom is 0.250 e. The lowest BCUT2D eigenvalue weighted by Gasteiger charge is -2.09. The van der Waals surface area contributed by atoms with Crippen molar-refractivity contribution in [3.8, 4) is 5.88 Å². The summed E-state index contributed by atoms with van der Waals surface area (Å²) in [6.45, 7) is 0.390. The van der Waals surface area contributed by atoms with E-state index in [4.69, 9.17) is 10.5 Å². The van der Waals surface area contributed by atoms with Crippen molar-refractivity contribution >= 4 is 5.69 Å². The second-order valence-electron chi connectivity index (χ2n) is 3.60. The Morgan fingerprint density at radius 1 is 1.41 bits per heavy atom. The van der Waals surface area contributed by atoms with E-state index in [0.29, 0.717) is 18.1 Å². The summed E-state index contributed by atoms with van der Waals surface area (Å²) < 4.78 is 6.65. The maximum atomic E-state index is 11.6. The van der Waals surface area contributed by atoms with Gasteiger partial charge < -0.3 is 15.0 Å². The molecule has 0 aliphatic heterocycles. The number of nitrogen functional groups attached to an aromatic ring is 1. The van der Waals surface area contributed by atoms with Crippen LogP contribution in [-0.4, -0.2) is 16.7 Å². The molecule has 0 aromatic carbocycles. The average molecular weight is 231 g/mol. The largest absolute Gasteiger partial charge is 0.481 e. The fourth-order valence-electron chi connectivity index (χ4n) is 1.59. The first kappa shape index (κ1) is 11.2. The zero-order valence-electron chi connectivity index (χ0n) is 9.46. The SMILES string of the molecule is COc1ncccc1Cn1cc(N)ccc1=O. The van der Waals surface area contributed by atoms with E-state index in [9.17, 15) is 4.79 Å². The van der Waals surface area contributed by atoms with Crippen molar-refractivity contribution in [3.63, 3.8) is 0 Å². The van der Waals surface area contributed by atoms with Crippen LogP contribution in [0.15, 0.2) is 41.5 Å². The van der Waals surface area contributed by atoms with Gasteiger partial charge in [0.15, 0.2) is 0 Å². The van der Waals surface area contributed by atoms with Gasteiger partial charge in [0.2, 0.25) is 5.88 Å². The third-order valence-electron chi connectivity index (χ3n) is 2.39. The minimum atomic E-state index is -0.106. The molecule has 88 valence electrons. The lowest BCUT2D eigenvalue weighted by Crippen LogP contribution is -2.19. The van der Waals surface area contributed by atoms with Gasteiger partial charge in [-0.05, 0) is 12.1 Å². The van der Waals surface area contributed by atoms with E-state index < -0.39 is 0 Å². The quantitative estimate of drug-likeness (QED) is 0.851. The zero-order valence-corrected chi connectivity index (χ0v) is 9.46. The number of hydrogen-bond acceptors (Lipinski definition) is 4. The van der Waals surface area contributed by atoms with Crippen molar-refractivity contribution in [2.75, 3.05) is 12.8 Å². The predicted octanol–water partition coefficient (Wildman–Crippen LogP) is 0.882. The smallest absolute Gasteiger partial charge is 0.250 e. The molecule has 2 aromatic heterocycles. The molecular weight excluding hydrogens is 218 g/mol. The van der Waals surface area contributed by atoms with Crippen LogP contribution in [-0.2, 0) is 6.54 Å². The fraction of sp³-hybridized carbons (Fsp3) is 0.167. The normalized spacial score (nSPS) is 10.2. The number of pyridine rings is 2. The second-order valence-corrected chi connectivity index (χ2v) is 3.60.